The molecular formula is C18H17NO3. The summed E-state index contributed by atoms with van der Waals surface area (Å²) in [4.78, 5) is 14.5. The van der Waals surface area contributed by atoms with Crippen molar-refractivity contribution in [1.82, 2.24) is 4.90 Å². The highest BCUT2D eigenvalue weighted by Gasteiger charge is 2.56. The Labute approximate surface area is 129 Å². The Kier molecular flexibility index (Phi) is 2.21. The summed E-state index contributed by atoms with van der Waals surface area (Å²) in [6, 6.07) is 4.12. The van der Waals surface area contributed by atoms with Crippen molar-refractivity contribution < 1.29 is 14.3 Å². The van der Waals surface area contributed by atoms with Crippen molar-refractivity contribution >= 4 is 12.0 Å². The molecule has 4 aliphatic rings. The first kappa shape index (κ1) is 12.3. The maximum atomic E-state index is 12.5. The van der Waals surface area contributed by atoms with Gasteiger partial charge in [-0.3, -0.25) is 4.79 Å². The number of hydrogen-bond donors (Lipinski definition) is 0. The van der Waals surface area contributed by atoms with E-state index >= 15 is 0 Å². The number of rotatable bonds is 0. The summed E-state index contributed by atoms with van der Waals surface area (Å²) in [6.07, 6.45) is 7.50. The smallest absolute Gasteiger partial charge is 0.231 e. The molecule has 4 nitrogen and oxygen atoms in total. The zero-order valence-corrected chi connectivity index (χ0v) is 12.3. The monoisotopic (exact) mass is 295 g/mol. The number of carbonyl (C=O) groups is 1. The van der Waals surface area contributed by atoms with E-state index in [9.17, 15) is 4.79 Å². The van der Waals surface area contributed by atoms with Gasteiger partial charge in [0.25, 0.3) is 0 Å². The lowest BCUT2D eigenvalue weighted by molar-refractivity contribution is -0.128. The summed E-state index contributed by atoms with van der Waals surface area (Å²) in [6.45, 7) is 4.48. The van der Waals surface area contributed by atoms with Crippen molar-refractivity contribution in [3.63, 3.8) is 0 Å². The molecule has 1 aromatic rings. The molecule has 2 atom stereocenters. The Morgan fingerprint density at radius 1 is 1.27 bits per heavy atom. The Bertz CT molecular complexity index is 751. The van der Waals surface area contributed by atoms with E-state index in [0.717, 1.165) is 36.3 Å². The van der Waals surface area contributed by atoms with Crippen LogP contribution < -0.4 is 9.47 Å². The highest BCUT2D eigenvalue weighted by Crippen LogP contribution is 2.57. The minimum atomic E-state index is -0.266. The van der Waals surface area contributed by atoms with E-state index in [1.807, 2.05) is 23.2 Å². The van der Waals surface area contributed by atoms with Crippen LogP contribution in [0.4, 0.5) is 0 Å². The molecule has 22 heavy (non-hydrogen) atoms. The Hall–Kier alpha value is -2.23. The molecule has 112 valence electrons. The summed E-state index contributed by atoms with van der Waals surface area (Å²) < 4.78 is 11.1. The van der Waals surface area contributed by atoms with E-state index in [-0.39, 0.29) is 18.2 Å². The van der Waals surface area contributed by atoms with Gasteiger partial charge in [0.15, 0.2) is 11.5 Å². The quantitative estimate of drug-likeness (QED) is 0.690. The molecule has 0 N–H and O–H groups in total. The highest BCUT2D eigenvalue weighted by molar-refractivity contribution is 5.85. The van der Waals surface area contributed by atoms with Gasteiger partial charge in [0.2, 0.25) is 12.7 Å². The van der Waals surface area contributed by atoms with Gasteiger partial charge in [-0.15, -0.1) is 0 Å². The third-order valence-corrected chi connectivity index (χ3v) is 5.58. The largest absolute Gasteiger partial charge is 0.454 e. The number of carbonyl (C=O) groups excluding carboxylic acids is 1. The second-order valence-corrected chi connectivity index (χ2v) is 6.66. The van der Waals surface area contributed by atoms with Gasteiger partial charge in [0, 0.05) is 12.6 Å². The predicted molar refractivity (Wildman–Crippen MR) is 81.2 cm³/mol. The number of amides is 1. The van der Waals surface area contributed by atoms with Gasteiger partial charge in [-0.25, -0.2) is 0 Å². The van der Waals surface area contributed by atoms with Crippen LogP contribution in [0.25, 0.3) is 6.08 Å². The molecule has 4 heteroatoms. The van der Waals surface area contributed by atoms with Gasteiger partial charge in [-0.1, -0.05) is 12.2 Å². The maximum Gasteiger partial charge on any atom is 0.231 e. The average molecular weight is 295 g/mol. The van der Waals surface area contributed by atoms with Crippen LogP contribution in [0.3, 0.4) is 0 Å². The van der Waals surface area contributed by atoms with Crippen molar-refractivity contribution in [2.75, 3.05) is 6.79 Å². The van der Waals surface area contributed by atoms with Crippen LogP contribution in [0.15, 0.2) is 30.5 Å². The molecule has 0 aromatic heterocycles. The van der Waals surface area contributed by atoms with E-state index < -0.39 is 0 Å². The summed E-state index contributed by atoms with van der Waals surface area (Å²) in [5, 5.41) is 0. The molecule has 1 aliphatic carbocycles. The van der Waals surface area contributed by atoms with Gasteiger partial charge >= 0.3 is 0 Å². The summed E-state index contributed by atoms with van der Waals surface area (Å²) in [7, 11) is 0. The van der Waals surface area contributed by atoms with Crippen LogP contribution in [0.1, 0.15) is 36.8 Å². The van der Waals surface area contributed by atoms with E-state index in [0.29, 0.717) is 12.3 Å². The van der Waals surface area contributed by atoms with Gasteiger partial charge in [0.1, 0.15) is 0 Å². The predicted octanol–water partition coefficient (Wildman–Crippen LogP) is 3.18. The molecule has 1 aromatic carbocycles. The van der Waals surface area contributed by atoms with Gasteiger partial charge in [0.05, 0.1) is 5.54 Å². The van der Waals surface area contributed by atoms with E-state index in [4.69, 9.17) is 9.47 Å². The topological polar surface area (TPSA) is 38.8 Å². The van der Waals surface area contributed by atoms with Crippen molar-refractivity contribution in [3.8, 4) is 11.5 Å². The molecule has 2 fully saturated rings. The first-order valence-electron chi connectivity index (χ1n) is 7.79. The Morgan fingerprint density at radius 2 is 2.09 bits per heavy atom. The number of benzene rings is 1. The number of fused-ring (bicyclic) bond motifs is 2. The van der Waals surface area contributed by atoms with Crippen molar-refractivity contribution in [3.05, 3.63) is 41.6 Å². The molecular weight excluding hydrogens is 278 g/mol. The minimum Gasteiger partial charge on any atom is -0.454 e. The number of nitrogens with zero attached hydrogens (tertiary/aromatic N) is 1. The average Bonchev–Trinajstić information content (AvgIpc) is 3.06. The van der Waals surface area contributed by atoms with Crippen LogP contribution in [-0.4, -0.2) is 17.6 Å². The molecule has 1 saturated heterocycles. The maximum absolute atomic E-state index is 12.5. The highest BCUT2D eigenvalue weighted by atomic mass is 16.7. The lowest BCUT2D eigenvalue weighted by atomic mass is 9.66. The Balaban J connectivity index is 1.77. The standard InChI is InChI=1S/C18H17NO3/c1-11-2-3-13-7-17(20)19-5-4-12-6-15-16(22-10-21-15)8-14(12)18(13,19)9-11/h4-6,8,13H,1-3,7,9-10H2/t13-,18-/m1/s1. The second kappa shape index (κ2) is 3.94. The Morgan fingerprint density at radius 3 is 2.95 bits per heavy atom. The molecule has 0 radical (unpaired) electrons. The van der Waals surface area contributed by atoms with E-state index in [1.54, 1.807) is 0 Å². The second-order valence-electron chi connectivity index (χ2n) is 6.66. The molecule has 1 spiro atoms. The third-order valence-electron chi connectivity index (χ3n) is 5.58. The summed E-state index contributed by atoms with van der Waals surface area (Å²) in [5.74, 6) is 2.16. The lowest BCUT2D eigenvalue weighted by Crippen LogP contribution is -2.47. The minimum absolute atomic E-state index is 0.222. The summed E-state index contributed by atoms with van der Waals surface area (Å²) in [5.41, 5.74) is 3.29. The van der Waals surface area contributed by atoms with Crippen LogP contribution in [-0.2, 0) is 10.3 Å². The van der Waals surface area contributed by atoms with Gasteiger partial charge in [-0.05, 0) is 54.5 Å². The first-order chi connectivity index (χ1) is 10.7. The molecule has 3 heterocycles. The lowest BCUT2D eigenvalue weighted by Gasteiger charge is -2.47. The van der Waals surface area contributed by atoms with E-state index in [2.05, 4.69) is 12.6 Å². The van der Waals surface area contributed by atoms with Crippen molar-refractivity contribution in [1.29, 1.82) is 0 Å². The van der Waals surface area contributed by atoms with Crippen LogP contribution in [0, 0.1) is 5.92 Å². The first-order valence-corrected chi connectivity index (χ1v) is 7.79. The van der Waals surface area contributed by atoms with Crippen molar-refractivity contribution in [2.45, 2.75) is 31.2 Å². The van der Waals surface area contributed by atoms with Gasteiger partial charge in [-0.2, -0.15) is 0 Å². The SMILES string of the molecule is C=C1CC[C@@H]2CC(=O)N3C=Cc4cc5c(cc4[C@@]23C1)OCO5. The fraction of sp³-hybridized carbons (Fsp3) is 0.389. The van der Waals surface area contributed by atoms with Gasteiger partial charge < -0.3 is 14.4 Å². The molecule has 3 aliphatic heterocycles. The van der Waals surface area contributed by atoms with Crippen LogP contribution in [0.5, 0.6) is 11.5 Å². The molecule has 0 unspecified atom stereocenters. The van der Waals surface area contributed by atoms with Crippen LogP contribution >= 0.6 is 0 Å². The number of hydrogen-bond acceptors (Lipinski definition) is 3. The fourth-order valence-electron chi connectivity index (χ4n) is 4.60. The van der Waals surface area contributed by atoms with Crippen molar-refractivity contribution in [2.24, 2.45) is 5.92 Å². The normalized spacial score (nSPS) is 31.1. The fourth-order valence-corrected chi connectivity index (χ4v) is 4.60. The third kappa shape index (κ3) is 1.35. The molecule has 1 amide bonds. The zero-order valence-electron chi connectivity index (χ0n) is 12.3. The molecule has 0 bridgehead atoms. The molecule has 1 saturated carbocycles. The van der Waals surface area contributed by atoms with E-state index in [1.165, 1.54) is 11.1 Å². The molecule has 5 rings (SSSR count). The van der Waals surface area contributed by atoms with Crippen LogP contribution in [0.2, 0.25) is 0 Å². The summed E-state index contributed by atoms with van der Waals surface area (Å²) >= 11 is 0. The number of ether oxygens (including phenoxy) is 2. The zero-order chi connectivity index (χ0) is 14.9.